The van der Waals surface area contributed by atoms with Crippen molar-refractivity contribution in [2.75, 3.05) is 36.4 Å². The first-order chi connectivity index (χ1) is 12.3. The van der Waals surface area contributed by atoms with Crippen molar-refractivity contribution in [2.45, 2.75) is 6.18 Å². The Morgan fingerprint density at radius 3 is 2.35 bits per heavy atom. The Hall–Kier alpha value is -2.41. The van der Waals surface area contributed by atoms with Gasteiger partial charge in [-0.25, -0.2) is 4.79 Å². The lowest BCUT2D eigenvalue weighted by Crippen LogP contribution is -2.50. The molecule has 1 N–H and O–H groups in total. The highest BCUT2D eigenvalue weighted by atomic mass is 35.5. The van der Waals surface area contributed by atoms with Crippen molar-refractivity contribution in [3.05, 3.63) is 59.1 Å². The maximum absolute atomic E-state index is 13.0. The molecule has 1 aliphatic heterocycles. The van der Waals surface area contributed by atoms with E-state index >= 15 is 0 Å². The summed E-state index contributed by atoms with van der Waals surface area (Å²) >= 11 is 5.99. The fraction of sp³-hybridized carbons (Fsp3) is 0.278. The SMILES string of the molecule is O=C(Nc1ccccc1C(F)(F)F)N1CCN(c2cccc(Cl)c2)CC1. The van der Waals surface area contributed by atoms with Gasteiger partial charge in [0.15, 0.2) is 0 Å². The number of amides is 2. The van der Waals surface area contributed by atoms with Crippen LogP contribution in [0.1, 0.15) is 5.56 Å². The van der Waals surface area contributed by atoms with Gasteiger partial charge >= 0.3 is 12.2 Å². The first-order valence-corrected chi connectivity index (χ1v) is 8.45. The number of piperazine rings is 1. The quantitative estimate of drug-likeness (QED) is 0.815. The smallest absolute Gasteiger partial charge is 0.368 e. The van der Waals surface area contributed by atoms with E-state index in [9.17, 15) is 18.0 Å². The normalized spacial score (nSPS) is 15.1. The molecule has 0 radical (unpaired) electrons. The van der Waals surface area contributed by atoms with E-state index < -0.39 is 17.8 Å². The van der Waals surface area contributed by atoms with Crippen LogP contribution in [-0.2, 0) is 6.18 Å². The lowest BCUT2D eigenvalue weighted by Gasteiger charge is -2.36. The van der Waals surface area contributed by atoms with Crippen molar-refractivity contribution < 1.29 is 18.0 Å². The molecule has 2 aromatic carbocycles. The molecule has 138 valence electrons. The second-order valence-electron chi connectivity index (χ2n) is 5.93. The summed E-state index contributed by atoms with van der Waals surface area (Å²) < 4.78 is 39.1. The predicted molar refractivity (Wildman–Crippen MR) is 95.7 cm³/mol. The summed E-state index contributed by atoms with van der Waals surface area (Å²) in [5.74, 6) is 0. The number of alkyl halides is 3. The molecule has 0 saturated carbocycles. The summed E-state index contributed by atoms with van der Waals surface area (Å²) in [6.07, 6.45) is -4.52. The van der Waals surface area contributed by atoms with E-state index in [1.807, 2.05) is 18.2 Å². The Kier molecular flexibility index (Phi) is 5.27. The molecule has 1 saturated heterocycles. The summed E-state index contributed by atoms with van der Waals surface area (Å²) in [4.78, 5) is 15.9. The van der Waals surface area contributed by atoms with Gasteiger partial charge in [-0.15, -0.1) is 0 Å². The van der Waals surface area contributed by atoms with Crippen molar-refractivity contribution in [3.63, 3.8) is 0 Å². The average molecular weight is 384 g/mol. The number of urea groups is 1. The molecule has 1 aliphatic rings. The summed E-state index contributed by atoms with van der Waals surface area (Å²) in [7, 11) is 0. The summed E-state index contributed by atoms with van der Waals surface area (Å²) in [5, 5.41) is 3.01. The Bertz CT molecular complexity index is 789. The van der Waals surface area contributed by atoms with Crippen LogP contribution in [-0.4, -0.2) is 37.1 Å². The van der Waals surface area contributed by atoms with Crippen molar-refractivity contribution in [1.29, 1.82) is 0 Å². The lowest BCUT2D eigenvalue weighted by atomic mass is 10.1. The number of rotatable bonds is 2. The summed E-state index contributed by atoms with van der Waals surface area (Å²) in [6, 6.07) is 11.8. The van der Waals surface area contributed by atoms with Crippen molar-refractivity contribution in [1.82, 2.24) is 4.90 Å². The second kappa shape index (κ2) is 7.45. The molecular weight excluding hydrogens is 367 g/mol. The van der Waals surface area contributed by atoms with E-state index in [1.54, 1.807) is 6.07 Å². The molecule has 26 heavy (non-hydrogen) atoms. The van der Waals surface area contributed by atoms with Crippen LogP contribution in [0.15, 0.2) is 48.5 Å². The molecule has 4 nitrogen and oxygen atoms in total. The largest absolute Gasteiger partial charge is 0.418 e. The third-order valence-electron chi connectivity index (χ3n) is 4.21. The van der Waals surface area contributed by atoms with Gasteiger partial charge in [0.2, 0.25) is 0 Å². The minimum Gasteiger partial charge on any atom is -0.368 e. The third kappa shape index (κ3) is 4.22. The summed E-state index contributed by atoms with van der Waals surface area (Å²) in [5.41, 5.74) is -0.131. The molecule has 2 aromatic rings. The number of halogens is 4. The van der Waals surface area contributed by atoms with E-state index in [1.165, 1.54) is 23.1 Å². The first-order valence-electron chi connectivity index (χ1n) is 8.07. The number of nitrogens with zero attached hydrogens (tertiary/aromatic N) is 2. The van der Waals surface area contributed by atoms with Crippen molar-refractivity contribution in [3.8, 4) is 0 Å². The molecule has 0 spiro atoms. The molecule has 0 aliphatic carbocycles. The van der Waals surface area contributed by atoms with Gasteiger partial charge in [-0.3, -0.25) is 0 Å². The van der Waals surface area contributed by atoms with Crippen molar-refractivity contribution in [2.24, 2.45) is 0 Å². The number of para-hydroxylation sites is 1. The number of nitrogens with one attached hydrogen (secondary N) is 1. The van der Waals surface area contributed by atoms with Gasteiger partial charge in [-0.1, -0.05) is 29.8 Å². The maximum Gasteiger partial charge on any atom is 0.418 e. The highest BCUT2D eigenvalue weighted by Crippen LogP contribution is 2.34. The fourth-order valence-corrected chi connectivity index (χ4v) is 3.06. The van der Waals surface area contributed by atoms with Crippen molar-refractivity contribution >= 4 is 29.0 Å². The zero-order chi connectivity index (χ0) is 18.7. The van der Waals surface area contributed by atoms with Gasteiger partial charge in [0, 0.05) is 36.9 Å². The van der Waals surface area contributed by atoms with Crippen LogP contribution in [0, 0.1) is 0 Å². The number of anilines is 2. The molecule has 0 aromatic heterocycles. The molecule has 8 heteroatoms. The predicted octanol–water partition coefficient (Wildman–Crippen LogP) is 4.71. The number of carbonyl (C=O) groups excluding carboxylic acids is 1. The Morgan fingerprint density at radius 1 is 1.00 bits per heavy atom. The first kappa shape index (κ1) is 18.4. The zero-order valence-corrected chi connectivity index (χ0v) is 14.5. The molecule has 0 unspecified atom stereocenters. The Morgan fingerprint density at radius 2 is 1.69 bits per heavy atom. The van der Waals surface area contributed by atoms with Crippen LogP contribution in [0.2, 0.25) is 5.02 Å². The van der Waals surface area contributed by atoms with Crippen LogP contribution >= 0.6 is 11.6 Å². The van der Waals surface area contributed by atoms with Crippen LogP contribution in [0.4, 0.5) is 29.3 Å². The Labute approximate surface area is 154 Å². The number of carbonyl (C=O) groups is 1. The Balaban J connectivity index is 1.63. The minimum atomic E-state index is -4.52. The van der Waals surface area contributed by atoms with E-state index in [0.29, 0.717) is 31.2 Å². The van der Waals surface area contributed by atoms with E-state index in [4.69, 9.17) is 11.6 Å². The number of hydrogen-bond donors (Lipinski definition) is 1. The second-order valence-corrected chi connectivity index (χ2v) is 6.36. The molecule has 2 amide bonds. The standard InChI is InChI=1S/C18H17ClF3N3O/c19-13-4-3-5-14(12-13)24-8-10-25(11-9-24)17(26)23-16-7-2-1-6-15(16)18(20,21)22/h1-7,12H,8-11H2,(H,23,26). The van der Waals surface area contributed by atoms with Crippen LogP contribution in [0.5, 0.6) is 0 Å². The van der Waals surface area contributed by atoms with Crippen LogP contribution in [0.3, 0.4) is 0 Å². The van der Waals surface area contributed by atoms with Crippen LogP contribution < -0.4 is 10.2 Å². The summed E-state index contributed by atoms with van der Waals surface area (Å²) in [6.45, 7) is 1.97. The average Bonchev–Trinajstić information content (AvgIpc) is 2.61. The zero-order valence-electron chi connectivity index (χ0n) is 13.8. The molecule has 1 heterocycles. The van der Waals surface area contributed by atoms with Gasteiger partial charge in [0.1, 0.15) is 0 Å². The van der Waals surface area contributed by atoms with Crippen LogP contribution in [0.25, 0.3) is 0 Å². The molecule has 3 rings (SSSR count). The van der Waals surface area contributed by atoms with E-state index in [0.717, 1.165) is 11.8 Å². The fourth-order valence-electron chi connectivity index (χ4n) is 2.87. The monoisotopic (exact) mass is 383 g/mol. The van der Waals surface area contributed by atoms with E-state index in [2.05, 4.69) is 10.2 Å². The highest BCUT2D eigenvalue weighted by Gasteiger charge is 2.34. The van der Waals surface area contributed by atoms with Gasteiger partial charge < -0.3 is 15.1 Å². The number of hydrogen-bond acceptors (Lipinski definition) is 2. The third-order valence-corrected chi connectivity index (χ3v) is 4.45. The topological polar surface area (TPSA) is 35.6 Å². The molecular formula is C18H17ClF3N3O. The van der Waals surface area contributed by atoms with Gasteiger partial charge in [-0.2, -0.15) is 13.2 Å². The van der Waals surface area contributed by atoms with Gasteiger partial charge in [-0.05, 0) is 30.3 Å². The van der Waals surface area contributed by atoms with Gasteiger partial charge in [0.25, 0.3) is 0 Å². The highest BCUT2D eigenvalue weighted by molar-refractivity contribution is 6.30. The maximum atomic E-state index is 13.0. The lowest BCUT2D eigenvalue weighted by molar-refractivity contribution is -0.136. The molecule has 0 atom stereocenters. The van der Waals surface area contributed by atoms with Gasteiger partial charge in [0.05, 0.1) is 11.3 Å². The van der Waals surface area contributed by atoms with E-state index in [-0.39, 0.29) is 5.69 Å². The minimum absolute atomic E-state index is 0.234. The number of benzene rings is 2. The molecule has 0 bridgehead atoms. The molecule has 1 fully saturated rings.